The predicted octanol–water partition coefficient (Wildman–Crippen LogP) is 4.28. The second-order valence-electron chi connectivity index (χ2n) is 7.49. The molecule has 0 N–H and O–H groups in total. The topological polar surface area (TPSA) is 43.1 Å². The highest BCUT2D eigenvalue weighted by atomic mass is 16.6. The lowest BCUT2D eigenvalue weighted by Gasteiger charge is -2.31. The van der Waals surface area contributed by atoms with Crippen LogP contribution in [-0.2, 0) is 0 Å². The molecule has 2 atom stereocenters. The molecule has 2 saturated carbocycles. The van der Waals surface area contributed by atoms with Gasteiger partial charge in [-0.25, -0.2) is 0 Å². The van der Waals surface area contributed by atoms with Crippen molar-refractivity contribution in [2.45, 2.75) is 71.8 Å². The summed E-state index contributed by atoms with van der Waals surface area (Å²) in [4.78, 5) is 10.7. The lowest BCUT2D eigenvalue weighted by molar-refractivity contribution is -0.527. The second kappa shape index (κ2) is 5.18. The van der Waals surface area contributed by atoms with Crippen LogP contribution in [0.2, 0.25) is 0 Å². The van der Waals surface area contributed by atoms with Crippen molar-refractivity contribution < 1.29 is 4.92 Å². The number of nitro groups is 1. The Bertz CT molecular complexity index is 300. The summed E-state index contributed by atoms with van der Waals surface area (Å²) in [6.07, 6.45) is 7.89. The summed E-state index contributed by atoms with van der Waals surface area (Å²) in [6, 6.07) is -0.249. The van der Waals surface area contributed by atoms with E-state index in [9.17, 15) is 10.1 Å². The normalized spacial score (nSPS) is 37.7. The smallest absolute Gasteiger partial charge is 0.213 e. The van der Waals surface area contributed by atoms with Crippen LogP contribution in [0.4, 0.5) is 0 Å². The van der Waals surface area contributed by atoms with E-state index in [0.717, 1.165) is 43.4 Å². The largest absolute Gasteiger partial charge is 0.264 e. The van der Waals surface area contributed by atoms with Crippen LogP contribution in [0.15, 0.2) is 0 Å². The Hall–Kier alpha value is -0.600. The first-order valence-electron chi connectivity index (χ1n) is 7.51. The van der Waals surface area contributed by atoms with Crippen molar-refractivity contribution in [2.75, 3.05) is 0 Å². The molecule has 0 aromatic carbocycles. The Morgan fingerprint density at radius 3 is 1.94 bits per heavy atom. The van der Waals surface area contributed by atoms with E-state index in [1.165, 1.54) is 19.3 Å². The van der Waals surface area contributed by atoms with Gasteiger partial charge in [0.25, 0.3) is 0 Å². The van der Waals surface area contributed by atoms with Crippen molar-refractivity contribution in [1.29, 1.82) is 0 Å². The van der Waals surface area contributed by atoms with E-state index in [1.54, 1.807) is 0 Å². The van der Waals surface area contributed by atoms with Crippen LogP contribution in [0.3, 0.4) is 0 Å². The van der Waals surface area contributed by atoms with E-state index in [4.69, 9.17) is 0 Å². The SMILES string of the molecule is CC(C)(C)C1CCC(C2CCC([N+](=O)[O-])CC2)C1. The lowest BCUT2D eigenvalue weighted by Crippen LogP contribution is -2.29. The standard InChI is InChI=1S/C15H27NO2/c1-15(2,3)13-7-4-12(10-13)11-5-8-14(9-6-11)16(17)18/h11-14H,4-10H2,1-3H3. The highest BCUT2D eigenvalue weighted by Crippen LogP contribution is 2.47. The first-order chi connectivity index (χ1) is 8.38. The zero-order chi connectivity index (χ0) is 13.3. The molecule has 0 aromatic rings. The third kappa shape index (κ3) is 3.04. The monoisotopic (exact) mass is 253 g/mol. The molecular formula is C15H27NO2. The summed E-state index contributed by atoms with van der Waals surface area (Å²) in [5, 5.41) is 10.8. The number of nitrogens with zero attached hydrogens (tertiary/aromatic N) is 1. The Kier molecular flexibility index (Phi) is 3.98. The molecule has 3 heteroatoms. The average Bonchev–Trinajstić information content (AvgIpc) is 2.78. The summed E-state index contributed by atoms with van der Waals surface area (Å²) < 4.78 is 0. The molecule has 0 saturated heterocycles. The Morgan fingerprint density at radius 2 is 1.50 bits per heavy atom. The van der Waals surface area contributed by atoms with Crippen LogP contribution in [0.1, 0.15) is 65.7 Å². The Morgan fingerprint density at radius 1 is 0.944 bits per heavy atom. The van der Waals surface area contributed by atoms with Gasteiger partial charge >= 0.3 is 0 Å². The Labute approximate surface area is 110 Å². The number of hydrogen-bond acceptors (Lipinski definition) is 2. The Balaban J connectivity index is 1.83. The van der Waals surface area contributed by atoms with Crippen LogP contribution in [0.5, 0.6) is 0 Å². The van der Waals surface area contributed by atoms with Gasteiger partial charge in [0.2, 0.25) is 6.04 Å². The molecule has 18 heavy (non-hydrogen) atoms. The molecule has 0 amide bonds. The minimum Gasteiger partial charge on any atom is -0.264 e. The fraction of sp³-hybridized carbons (Fsp3) is 1.00. The zero-order valence-electron chi connectivity index (χ0n) is 12.0. The molecule has 2 unspecified atom stereocenters. The van der Waals surface area contributed by atoms with Crippen molar-refractivity contribution >= 4 is 0 Å². The van der Waals surface area contributed by atoms with E-state index in [0.29, 0.717) is 5.41 Å². The van der Waals surface area contributed by atoms with E-state index < -0.39 is 0 Å². The van der Waals surface area contributed by atoms with Gasteiger partial charge in [-0.1, -0.05) is 20.8 Å². The number of rotatable bonds is 2. The van der Waals surface area contributed by atoms with E-state index in [1.807, 2.05) is 0 Å². The lowest BCUT2D eigenvalue weighted by atomic mass is 9.75. The van der Waals surface area contributed by atoms with Gasteiger partial charge in [-0.2, -0.15) is 0 Å². The molecule has 2 rings (SSSR count). The zero-order valence-corrected chi connectivity index (χ0v) is 12.0. The van der Waals surface area contributed by atoms with Crippen molar-refractivity contribution in [1.82, 2.24) is 0 Å². The van der Waals surface area contributed by atoms with Crippen LogP contribution in [-0.4, -0.2) is 11.0 Å². The molecule has 2 fully saturated rings. The molecule has 0 aliphatic heterocycles. The highest BCUT2D eigenvalue weighted by Gasteiger charge is 2.39. The molecule has 2 aliphatic rings. The molecule has 3 nitrogen and oxygen atoms in total. The van der Waals surface area contributed by atoms with Gasteiger partial charge in [0.05, 0.1) is 0 Å². The first kappa shape index (κ1) is 13.8. The summed E-state index contributed by atoms with van der Waals surface area (Å²) in [6.45, 7) is 7.05. The maximum Gasteiger partial charge on any atom is 0.213 e. The maximum atomic E-state index is 10.8. The van der Waals surface area contributed by atoms with Gasteiger partial charge in [0.1, 0.15) is 0 Å². The van der Waals surface area contributed by atoms with Crippen LogP contribution < -0.4 is 0 Å². The molecule has 0 aromatic heterocycles. The summed E-state index contributed by atoms with van der Waals surface area (Å²) in [7, 11) is 0. The van der Waals surface area contributed by atoms with Gasteiger partial charge < -0.3 is 0 Å². The summed E-state index contributed by atoms with van der Waals surface area (Å²) in [5.41, 5.74) is 0.437. The van der Waals surface area contributed by atoms with E-state index in [-0.39, 0.29) is 11.0 Å². The van der Waals surface area contributed by atoms with E-state index in [2.05, 4.69) is 20.8 Å². The van der Waals surface area contributed by atoms with Crippen molar-refractivity contribution in [3.05, 3.63) is 10.1 Å². The van der Waals surface area contributed by atoms with Crippen molar-refractivity contribution in [3.63, 3.8) is 0 Å². The van der Waals surface area contributed by atoms with Crippen LogP contribution >= 0.6 is 0 Å². The quantitative estimate of drug-likeness (QED) is 0.544. The molecule has 0 heterocycles. The summed E-state index contributed by atoms with van der Waals surface area (Å²) >= 11 is 0. The first-order valence-corrected chi connectivity index (χ1v) is 7.51. The van der Waals surface area contributed by atoms with E-state index >= 15 is 0 Å². The average molecular weight is 253 g/mol. The second-order valence-corrected chi connectivity index (χ2v) is 7.49. The third-order valence-corrected chi connectivity index (χ3v) is 5.40. The molecule has 0 radical (unpaired) electrons. The van der Waals surface area contributed by atoms with Crippen LogP contribution in [0.25, 0.3) is 0 Å². The third-order valence-electron chi connectivity index (χ3n) is 5.40. The van der Waals surface area contributed by atoms with Gasteiger partial charge in [-0.05, 0) is 55.3 Å². The fourth-order valence-corrected chi connectivity index (χ4v) is 4.01. The van der Waals surface area contributed by atoms with Gasteiger partial charge in [0.15, 0.2) is 0 Å². The maximum absolute atomic E-state index is 10.8. The molecule has 2 aliphatic carbocycles. The summed E-state index contributed by atoms with van der Waals surface area (Å²) in [5.74, 6) is 2.48. The van der Waals surface area contributed by atoms with Gasteiger partial charge in [-0.3, -0.25) is 10.1 Å². The van der Waals surface area contributed by atoms with Gasteiger partial charge in [0, 0.05) is 17.8 Å². The highest BCUT2D eigenvalue weighted by molar-refractivity contribution is 4.88. The molecular weight excluding hydrogens is 226 g/mol. The van der Waals surface area contributed by atoms with Gasteiger partial charge in [-0.15, -0.1) is 0 Å². The molecule has 104 valence electrons. The number of hydrogen-bond donors (Lipinski definition) is 0. The predicted molar refractivity (Wildman–Crippen MR) is 73.0 cm³/mol. The molecule has 0 spiro atoms. The van der Waals surface area contributed by atoms with Crippen molar-refractivity contribution in [3.8, 4) is 0 Å². The minimum atomic E-state index is -0.249. The molecule has 0 bridgehead atoms. The fourth-order valence-electron chi connectivity index (χ4n) is 4.01. The van der Waals surface area contributed by atoms with Crippen LogP contribution in [0, 0.1) is 33.3 Å². The van der Waals surface area contributed by atoms with Crippen molar-refractivity contribution in [2.24, 2.45) is 23.2 Å². The minimum absolute atomic E-state index is 0.0666.